The molecular formula is C21H15F2NO3. The molecule has 0 saturated heterocycles. The molecule has 1 aromatic heterocycles. The lowest BCUT2D eigenvalue weighted by molar-refractivity contribution is 0.0433. The molecule has 1 unspecified atom stereocenters. The molecule has 27 heavy (non-hydrogen) atoms. The number of rotatable bonds is 6. The molecule has 6 heteroatoms. The summed E-state index contributed by atoms with van der Waals surface area (Å²) in [6.07, 6.45) is 0.336. The predicted octanol–water partition coefficient (Wildman–Crippen LogP) is 4.76. The Bertz CT molecular complexity index is 956. The largest absolute Gasteiger partial charge is 0.458 e. The zero-order chi connectivity index (χ0) is 19.2. The van der Waals surface area contributed by atoms with Crippen molar-refractivity contribution in [2.75, 3.05) is 6.61 Å². The highest BCUT2D eigenvalue weighted by atomic mass is 19.1. The smallest absolute Gasteiger partial charge is 0.374 e. The zero-order valence-corrected chi connectivity index (χ0v) is 14.2. The van der Waals surface area contributed by atoms with Gasteiger partial charge in [0.15, 0.2) is 0 Å². The third-order valence-electron chi connectivity index (χ3n) is 3.93. The van der Waals surface area contributed by atoms with E-state index in [0.717, 1.165) is 5.56 Å². The third-order valence-corrected chi connectivity index (χ3v) is 3.93. The van der Waals surface area contributed by atoms with Crippen molar-refractivity contribution < 1.29 is 22.7 Å². The fourth-order valence-electron chi connectivity index (χ4n) is 2.51. The molecule has 4 nitrogen and oxygen atoms in total. The average Bonchev–Trinajstić information content (AvgIpc) is 3.17. The van der Waals surface area contributed by atoms with Crippen molar-refractivity contribution in [3.8, 4) is 17.4 Å². The van der Waals surface area contributed by atoms with Crippen LogP contribution in [0.5, 0.6) is 0 Å². The van der Waals surface area contributed by atoms with Gasteiger partial charge >= 0.3 is 5.97 Å². The monoisotopic (exact) mass is 367 g/mol. The van der Waals surface area contributed by atoms with Crippen LogP contribution in [-0.2, 0) is 11.2 Å². The van der Waals surface area contributed by atoms with Crippen molar-refractivity contribution in [1.29, 1.82) is 5.26 Å². The van der Waals surface area contributed by atoms with Crippen LogP contribution >= 0.6 is 0 Å². The number of carbonyl (C=O) groups is 1. The summed E-state index contributed by atoms with van der Waals surface area (Å²) in [6.45, 7) is -0.112. The summed E-state index contributed by atoms with van der Waals surface area (Å²) in [6, 6.07) is 16.6. The number of carbonyl (C=O) groups excluding carboxylic acids is 1. The van der Waals surface area contributed by atoms with Gasteiger partial charge in [0.05, 0.1) is 12.0 Å². The van der Waals surface area contributed by atoms with E-state index < -0.39 is 11.9 Å². The van der Waals surface area contributed by atoms with E-state index in [2.05, 4.69) is 6.07 Å². The summed E-state index contributed by atoms with van der Waals surface area (Å²) >= 11 is 0. The molecule has 0 aliphatic rings. The van der Waals surface area contributed by atoms with E-state index in [9.17, 15) is 18.8 Å². The maximum absolute atomic E-state index is 13.0. The molecule has 0 fully saturated rings. The molecule has 0 amide bonds. The van der Waals surface area contributed by atoms with Gasteiger partial charge < -0.3 is 9.15 Å². The number of furan rings is 1. The van der Waals surface area contributed by atoms with Crippen molar-refractivity contribution in [1.82, 2.24) is 0 Å². The van der Waals surface area contributed by atoms with Crippen LogP contribution in [-0.4, -0.2) is 12.6 Å². The highest BCUT2D eigenvalue weighted by molar-refractivity contribution is 5.87. The molecule has 3 aromatic rings. The molecule has 0 N–H and O–H groups in total. The van der Waals surface area contributed by atoms with E-state index in [0.29, 0.717) is 17.7 Å². The first kappa shape index (κ1) is 18.3. The Morgan fingerprint density at radius 2 is 1.63 bits per heavy atom. The molecule has 0 saturated carbocycles. The first-order valence-corrected chi connectivity index (χ1v) is 8.22. The number of esters is 1. The lowest BCUT2D eigenvalue weighted by atomic mass is 10.0. The Balaban J connectivity index is 1.59. The van der Waals surface area contributed by atoms with Crippen LogP contribution in [0.15, 0.2) is 65.1 Å². The predicted molar refractivity (Wildman–Crippen MR) is 93.6 cm³/mol. The van der Waals surface area contributed by atoms with Gasteiger partial charge in [-0.15, -0.1) is 0 Å². The molecule has 0 radical (unpaired) electrons. The van der Waals surface area contributed by atoms with Crippen LogP contribution in [0, 0.1) is 28.9 Å². The fourth-order valence-corrected chi connectivity index (χ4v) is 2.51. The topological polar surface area (TPSA) is 63.2 Å². The van der Waals surface area contributed by atoms with Crippen molar-refractivity contribution in [3.63, 3.8) is 0 Å². The van der Waals surface area contributed by atoms with E-state index in [4.69, 9.17) is 9.15 Å². The molecule has 0 aliphatic heterocycles. The van der Waals surface area contributed by atoms with E-state index >= 15 is 0 Å². The Morgan fingerprint density at radius 1 is 1.00 bits per heavy atom. The maximum Gasteiger partial charge on any atom is 0.374 e. The molecular weight excluding hydrogens is 352 g/mol. The van der Waals surface area contributed by atoms with Gasteiger partial charge in [-0.3, -0.25) is 0 Å². The van der Waals surface area contributed by atoms with Gasteiger partial charge in [0, 0.05) is 5.56 Å². The minimum Gasteiger partial charge on any atom is -0.458 e. The summed E-state index contributed by atoms with van der Waals surface area (Å²) in [5.41, 5.74) is 1.40. The standard InChI is InChI=1S/C21H15F2NO3/c22-17-5-1-14(2-6-17)11-15(12-24)13-26-21(25)20-10-9-19(27-20)16-3-7-18(23)8-4-16/h1-10,15H,11,13H2. The van der Waals surface area contributed by atoms with Gasteiger partial charge in [-0.25, -0.2) is 13.6 Å². The number of benzene rings is 2. The van der Waals surface area contributed by atoms with E-state index in [1.807, 2.05) is 0 Å². The normalized spacial score (nSPS) is 11.6. The van der Waals surface area contributed by atoms with Crippen LogP contribution < -0.4 is 0 Å². The zero-order valence-electron chi connectivity index (χ0n) is 14.2. The second kappa shape index (κ2) is 8.28. The van der Waals surface area contributed by atoms with E-state index in [-0.39, 0.29) is 24.0 Å². The summed E-state index contributed by atoms with van der Waals surface area (Å²) < 4.78 is 36.5. The average molecular weight is 367 g/mol. The molecule has 0 spiro atoms. The van der Waals surface area contributed by atoms with Crippen LogP contribution in [0.2, 0.25) is 0 Å². The molecule has 0 aliphatic carbocycles. The van der Waals surface area contributed by atoms with Crippen LogP contribution in [0.3, 0.4) is 0 Å². The summed E-state index contributed by atoms with van der Waals surface area (Å²) in [5.74, 6) is -1.58. The quantitative estimate of drug-likeness (QED) is 0.589. The number of hydrogen-bond donors (Lipinski definition) is 0. The van der Waals surface area contributed by atoms with Crippen LogP contribution in [0.1, 0.15) is 16.1 Å². The van der Waals surface area contributed by atoms with E-state index in [1.165, 1.54) is 42.5 Å². The number of nitrogens with zero attached hydrogens (tertiary/aromatic N) is 1. The highest BCUT2D eigenvalue weighted by Crippen LogP contribution is 2.23. The second-order valence-corrected chi connectivity index (χ2v) is 5.93. The first-order chi connectivity index (χ1) is 13.0. The minimum atomic E-state index is -0.692. The molecule has 2 aromatic carbocycles. The molecule has 1 atom stereocenters. The lowest BCUT2D eigenvalue weighted by Crippen LogP contribution is -2.14. The lowest BCUT2D eigenvalue weighted by Gasteiger charge is -2.09. The molecule has 136 valence electrons. The number of ether oxygens (including phenoxy) is 1. The number of halogens is 2. The maximum atomic E-state index is 13.0. The number of hydrogen-bond acceptors (Lipinski definition) is 4. The van der Waals surface area contributed by atoms with Gasteiger partial charge in [-0.1, -0.05) is 12.1 Å². The highest BCUT2D eigenvalue weighted by Gasteiger charge is 2.17. The molecule has 0 bridgehead atoms. The number of nitriles is 1. The van der Waals surface area contributed by atoms with Crippen LogP contribution in [0.4, 0.5) is 8.78 Å². The molecule has 1 heterocycles. The van der Waals surface area contributed by atoms with Gasteiger partial charge in [0.25, 0.3) is 0 Å². The Kier molecular flexibility index (Phi) is 5.62. The van der Waals surface area contributed by atoms with Gasteiger partial charge in [-0.2, -0.15) is 5.26 Å². The Labute approximate surface area is 154 Å². The molecule has 3 rings (SSSR count). The van der Waals surface area contributed by atoms with Crippen molar-refractivity contribution in [3.05, 3.63) is 83.6 Å². The van der Waals surface area contributed by atoms with Gasteiger partial charge in [0.2, 0.25) is 5.76 Å². The van der Waals surface area contributed by atoms with Crippen molar-refractivity contribution in [2.45, 2.75) is 6.42 Å². The summed E-state index contributed by atoms with van der Waals surface area (Å²) in [5, 5.41) is 9.23. The first-order valence-electron chi connectivity index (χ1n) is 8.22. The minimum absolute atomic E-state index is 0.00667. The van der Waals surface area contributed by atoms with Gasteiger partial charge in [0.1, 0.15) is 24.0 Å². The second-order valence-electron chi connectivity index (χ2n) is 5.93. The van der Waals surface area contributed by atoms with E-state index in [1.54, 1.807) is 18.2 Å². The van der Waals surface area contributed by atoms with Crippen molar-refractivity contribution >= 4 is 5.97 Å². The van der Waals surface area contributed by atoms with Crippen LogP contribution in [0.25, 0.3) is 11.3 Å². The summed E-state index contributed by atoms with van der Waals surface area (Å²) in [7, 11) is 0. The van der Waals surface area contributed by atoms with Crippen molar-refractivity contribution in [2.24, 2.45) is 5.92 Å². The SMILES string of the molecule is N#CC(COC(=O)c1ccc(-c2ccc(F)cc2)o1)Cc1ccc(F)cc1. The summed E-state index contributed by atoms with van der Waals surface area (Å²) in [4.78, 5) is 12.1. The van der Waals surface area contributed by atoms with Gasteiger partial charge in [-0.05, 0) is 60.5 Å². The third kappa shape index (κ3) is 4.79. The Hall–Kier alpha value is -3.46. The fraction of sp³-hybridized carbons (Fsp3) is 0.143. The Morgan fingerprint density at radius 3 is 2.26 bits per heavy atom.